The van der Waals surface area contributed by atoms with Crippen LogP contribution in [-0.4, -0.2) is 38.7 Å². The highest BCUT2D eigenvalue weighted by molar-refractivity contribution is 7.80. The third-order valence-corrected chi connectivity index (χ3v) is 4.07. The summed E-state index contributed by atoms with van der Waals surface area (Å²) >= 11 is 4.77. The molecule has 1 fully saturated rings. The van der Waals surface area contributed by atoms with Crippen molar-refractivity contribution >= 4 is 40.8 Å². The molecule has 8 nitrogen and oxygen atoms in total. The van der Waals surface area contributed by atoms with Crippen molar-refractivity contribution in [1.82, 2.24) is 15.6 Å². The van der Waals surface area contributed by atoms with E-state index < -0.39 is 23.8 Å². The van der Waals surface area contributed by atoms with Gasteiger partial charge in [0.2, 0.25) is 17.7 Å². The van der Waals surface area contributed by atoms with E-state index >= 15 is 0 Å². The van der Waals surface area contributed by atoms with Crippen LogP contribution in [0.3, 0.4) is 0 Å². The zero-order valence-electron chi connectivity index (χ0n) is 12.6. The summed E-state index contributed by atoms with van der Waals surface area (Å²) in [5.74, 6) is -2.45. The second-order valence-electron chi connectivity index (χ2n) is 5.51. The summed E-state index contributed by atoms with van der Waals surface area (Å²) in [6.45, 7) is 1.36. The minimum Gasteiger partial charge on any atom is -0.508 e. The number of hydrogen-bond acceptors (Lipinski definition) is 6. The molecular weight excluding hydrogens is 332 g/mol. The number of carbonyl (C=O) groups is 3. The monoisotopic (exact) mass is 346 g/mol. The van der Waals surface area contributed by atoms with Gasteiger partial charge in [-0.15, -0.1) is 0 Å². The van der Waals surface area contributed by atoms with E-state index in [4.69, 9.17) is 12.2 Å². The first kappa shape index (κ1) is 16.1. The first-order chi connectivity index (χ1) is 11.4. The zero-order chi connectivity index (χ0) is 17.4. The van der Waals surface area contributed by atoms with Crippen molar-refractivity contribution in [3.8, 4) is 5.75 Å². The number of thiocarbonyl (C=S) groups is 1. The lowest BCUT2D eigenvalue weighted by Gasteiger charge is -2.22. The van der Waals surface area contributed by atoms with E-state index in [2.05, 4.69) is 15.7 Å². The first-order valence-electron chi connectivity index (χ1n) is 7.18. The second-order valence-corrected chi connectivity index (χ2v) is 5.92. The number of phenols is 1. The van der Waals surface area contributed by atoms with Gasteiger partial charge in [0.05, 0.1) is 11.8 Å². The Morgan fingerprint density at radius 2 is 1.83 bits per heavy atom. The summed E-state index contributed by atoms with van der Waals surface area (Å²) in [5, 5.41) is 19.6. The fraction of sp³-hybridized carbons (Fsp3) is 0.267. The Labute approximate surface area is 142 Å². The van der Waals surface area contributed by atoms with Crippen LogP contribution in [-0.2, 0) is 14.4 Å². The van der Waals surface area contributed by atoms with E-state index in [9.17, 15) is 19.5 Å². The predicted octanol–water partition coefficient (Wildman–Crippen LogP) is 0.189. The number of nitrogens with one attached hydrogen (secondary N) is 2. The molecule has 9 heteroatoms. The van der Waals surface area contributed by atoms with Gasteiger partial charge >= 0.3 is 0 Å². The second kappa shape index (κ2) is 6.00. The van der Waals surface area contributed by atoms with E-state index in [0.717, 1.165) is 5.56 Å². The number of hydrogen-bond donors (Lipinski definition) is 3. The summed E-state index contributed by atoms with van der Waals surface area (Å²) < 4.78 is 0. The molecule has 0 radical (unpaired) electrons. The minimum atomic E-state index is -1.12. The van der Waals surface area contributed by atoms with Gasteiger partial charge in [0.1, 0.15) is 5.75 Å². The van der Waals surface area contributed by atoms with Gasteiger partial charge in [0.25, 0.3) is 0 Å². The molecule has 2 heterocycles. The largest absolute Gasteiger partial charge is 0.508 e. The molecule has 1 saturated heterocycles. The van der Waals surface area contributed by atoms with E-state index in [1.54, 1.807) is 12.1 Å². The van der Waals surface area contributed by atoms with Gasteiger partial charge in [0.15, 0.2) is 11.0 Å². The maximum atomic E-state index is 12.1. The molecule has 124 valence electrons. The number of benzene rings is 1. The molecule has 0 bridgehead atoms. The van der Waals surface area contributed by atoms with Crippen LogP contribution >= 0.6 is 12.2 Å². The summed E-state index contributed by atoms with van der Waals surface area (Å²) in [7, 11) is 0. The van der Waals surface area contributed by atoms with Gasteiger partial charge in [-0.25, -0.2) is 5.01 Å². The molecule has 1 aromatic carbocycles. The molecule has 2 aliphatic rings. The smallest absolute Gasteiger partial charge is 0.244 e. The molecule has 2 aliphatic heterocycles. The molecule has 1 aromatic rings. The minimum absolute atomic E-state index is 0.0432. The number of hydrazone groups is 1. The average Bonchev–Trinajstić information content (AvgIpc) is 2.92. The van der Waals surface area contributed by atoms with Crippen LogP contribution in [0.1, 0.15) is 24.9 Å². The Kier molecular flexibility index (Phi) is 4.02. The van der Waals surface area contributed by atoms with Gasteiger partial charge in [-0.1, -0.05) is 12.1 Å². The van der Waals surface area contributed by atoms with E-state index in [0.29, 0.717) is 5.71 Å². The third-order valence-electron chi connectivity index (χ3n) is 3.87. The Bertz CT molecular complexity index is 754. The molecule has 0 saturated carbocycles. The highest BCUT2D eigenvalue weighted by Gasteiger charge is 2.42. The number of aromatic hydroxyl groups is 1. The average molecular weight is 346 g/mol. The van der Waals surface area contributed by atoms with Crippen molar-refractivity contribution in [3.05, 3.63) is 29.8 Å². The standard InChI is InChI=1S/C15H14N4O4S/c1-7(20)19-11(8-2-4-9(21)5-3-8)6-10(18-19)12-13(22)16-15(24)17-14(12)23/h2-5,11-12,21H,6H2,1H3,(H2,16,17,22,23,24). The normalized spacial score (nSPS) is 21.4. The molecular formula is C15H14N4O4S. The van der Waals surface area contributed by atoms with Gasteiger partial charge in [-0.05, 0) is 29.9 Å². The molecule has 3 rings (SSSR count). The Morgan fingerprint density at radius 3 is 2.38 bits per heavy atom. The summed E-state index contributed by atoms with van der Waals surface area (Å²) in [6, 6.07) is 5.91. The molecule has 1 atom stereocenters. The van der Waals surface area contributed by atoms with E-state index in [1.807, 2.05) is 0 Å². The lowest BCUT2D eigenvalue weighted by Crippen LogP contribution is -2.57. The number of nitrogens with zero attached hydrogens (tertiary/aromatic N) is 2. The molecule has 3 N–H and O–H groups in total. The molecule has 1 unspecified atom stereocenters. The lowest BCUT2D eigenvalue weighted by molar-refractivity contribution is -0.133. The van der Waals surface area contributed by atoms with Crippen LogP contribution in [0.5, 0.6) is 5.75 Å². The number of phenolic OH excluding ortho intramolecular Hbond substituents is 1. The van der Waals surface area contributed by atoms with Gasteiger partial charge in [-0.3, -0.25) is 14.4 Å². The van der Waals surface area contributed by atoms with Gasteiger partial charge < -0.3 is 15.7 Å². The molecule has 3 amide bonds. The van der Waals surface area contributed by atoms with Crippen molar-refractivity contribution in [1.29, 1.82) is 0 Å². The van der Waals surface area contributed by atoms with Crippen LogP contribution in [0.2, 0.25) is 0 Å². The predicted molar refractivity (Wildman–Crippen MR) is 87.8 cm³/mol. The number of rotatable bonds is 2. The maximum absolute atomic E-state index is 12.1. The number of amides is 3. The fourth-order valence-electron chi connectivity index (χ4n) is 2.78. The van der Waals surface area contributed by atoms with Crippen molar-refractivity contribution in [2.45, 2.75) is 19.4 Å². The van der Waals surface area contributed by atoms with Crippen LogP contribution in [0, 0.1) is 5.92 Å². The molecule has 0 aliphatic carbocycles. The maximum Gasteiger partial charge on any atom is 0.244 e. The lowest BCUT2D eigenvalue weighted by atomic mass is 9.93. The highest BCUT2D eigenvalue weighted by Crippen LogP contribution is 2.33. The van der Waals surface area contributed by atoms with E-state index in [1.165, 1.54) is 24.1 Å². The van der Waals surface area contributed by atoms with Crippen LogP contribution in [0.4, 0.5) is 0 Å². The summed E-state index contributed by atoms with van der Waals surface area (Å²) in [6.07, 6.45) is 0.239. The molecule has 0 spiro atoms. The van der Waals surface area contributed by atoms with E-state index in [-0.39, 0.29) is 23.2 Å². The van der Waals surface area contributed by atoms with Crippen LogP contribution in [0.15, 0.2) is 29.4 Å². The highest BCUT2D eigenvalue weighted by atomic mass is 32.1. The first-order valence-corrected chi connectivity index (χ1v) is 7.59. The summed E-state index contributed by atoms with van der Waals surface area (Å²) in [4.78, 5) is 36.1. The topological polar surface area (TPSA) is 111 Å². The Morgan fingerprint density at radius 1 is 1.25 bits per heavy atom. The quantitative estimate of drug-likeness (QED) is 0.523. The Hall–Kier alpha value is -2.81. The van der Waals surface area contributed by atoms with Gasteiger partial charge in [0, 0.05) is 13.3 Å². The van der Waals surface area contributed by atoms with Crippen LogP contribution < -0.4 is 10.6 Å². The number of carbonyl (C=O) groups excluding carboxylic acids is 3. The summed E-state index contributed by atoms with van der Waals surface area (Å²) in [5.41, 5.74) is 1.04. The van der Waals surface area contributed by atoms with Crippen LogP contribution in [0.25, 0.3) is 0 Å². The van der Waals surface area contributed by atoms with Crippen molar-refractivity contribution in [2.75, 3.05) is 0 Å². The molecule has 24 heavy (non-hydrogen) atoms. The zero-order valence-corrected chi connectivity index (χ0v) is 13.5. The van der Waals surface area contributed by atoms with Crippen molar-refractivity contribution in [2.24, 2.45) is 11.0 Å². The van der Waals surface area contributed by atoms with Gasteiger partial charge in [-0.2, -0.15) is 5.10 Å². The van der Waals surface area contributed by atoms with Crippen molar-refractivity contribution < 1.29 is 19.5 Å². The Balaban J connectivity index is 1.91. The third kappa shape index (κ3) is 2.85. The van der Waals surface area contributed by atoms with Crippen molar-refractivity contribution in [3.63, 3.8) is 0 Å². The fourth-order valence-corrected chi connectivity index (χ4v) is 2.98. The SMILES string of the molecule is CC(=O)N1N=C(C2C(=O)NC(=S)NC2=O)CC1c1ccc(O)cc1. The molecule has 0 aromatic heterocycles.